The second kappa shape index (κ2) is 6.02. The van der Waals surface area contributed by atoms with Crippen LogP contribution in [0.3, 0.4) is 0 Å². The van der Waals surface area contributed by atoms with Crippen molar-refractivity contribution in [2.24, 2.45) is 10.9 Å². The minimum absolute atomic E-state index is 0.447. The molecule has 24 heavy (non-hydrogen) atoms. The highest BCUT2D eigenvalue weighted by Crippen LogP contribution is 2.36. The zero-order valence-electron chi connectivity index (χ0n) is 13.0. The van der Waals surface area contributed by atoms with E-state index in [2.05, 4.69) is 4.99 Å². The molecule has 0 radical (unpaired) electrons. The number of hydrogen-bond donors (Lipinski definition) is 0. The number of fused-ring (bicyclic) bond motifs is 1. The second-order valence-corrected chi connectivity index (χ2v) is 6.67. The maximum atomic E-state index is 14.5. The van der Waals surface area contributed by atoms with Gasteiger partial charge in [-0.3, -0.25) is 4.79 Å². The Hall–Kier alpha value is -2.20. The molecule has 0 saturated heterocycles. The molecule has 2 aromatic carbocycles. The summed E-state index contributed by atoms with van der Waals surface area (Å²) in [6.45, 7) is 0.533. The summed E-state index contributed by atoms with van der Waals surface area (Å²) in [5, 5.41) is 0.536. The van der Waals surface area contributed by atoms with Crippen LogP contribution >= 0.6 is 11.6 Å². The smallest absolute Gasteiger partial charge is 0.284 e. The van der Waals surface area contributed by atoms with Gasteiger partial charge in [-0.2, -0.15) is 0 Å². The molecule has 1 fully saturated rings. The number of benzene rings is 2. The number of nitrogens with zero attached hydrogens (tertiary/aromatic N) is 2. The lowest BCUT2D eigenvalue weighted by Gasteiger charge is -2.23. The topological polar surface area (TPSA) is 32.7 Å². The first kappa shape index (κ1) is 15.3. The number of carbonyl (C=O) groups is 1. The summed E-state index contributed by atoms with van der Waals surface area (Å²) >= 11 is 6.17. The van der Waals surface area contributed by atoms with Gasteiger partial charge in [-0.15, -0.1) is 0 Å². The SMILES string of the molecule is O=C1C(F)N=C(c2ccccc2)c2cc(Cl)ccc2N1CC1CC1. The zero-order valence-corrected chi connectivity index (χ0v) is 13.7. The molecule has 0 N–H and O–H groups in total. The van der Waals surface area contributed by atoms with E-state index in [1.807, 2.05) is 30.3 Å². The zero-order chi connectivity index (χ0) is 16.7. The molecular weight excluding hydrogens is 327 g/mol. The fourth-order valence-electron chi connectivity index (χ4n) is 2.99. The van der Waals surface area contributed by atoms with Gasteiger partial charge in [0.2, 0.25) is 0 Å². The van der Waals surface area contributed by atoms with Gasteiger partial charge in [-0.25, -0.2) is 9.38 Å². The number of alkyl halides is 1. The van der Waals surface area contributed by atoms with Crippen molar-refractivity contribution in [3.8, 4) is 0 Å². The molecule has 0 aromatic heterocycles. The van der Waals surface area contributed by atoms with E-state index in [1.165, 1.54) is 4.90 Å². The average Bonchev–Trinajstić information content (AvgIpc) is 3.42. The number of halogens is 2. The van der Waals surface area contributed by atoms with E-state index in [1.54, 1.807) is 18.2 Å². The summed E-state index contributed by atoms with van der Waals surface area (Å²) in [6.07, 6.45) is 0.261. The highest BCUT2D eigenvalue weighted by Gasteiger charge is 2.35. The predicted octanol–water partition coefficient (Wildman–Crippen LogP) is 4.23. The Kier molecular flexibility index (Phi) is 3.85. The third kappa shape index (κ3) is 2.82. The molecule has 1 aliphatic heterocycles. The van der Waals surface area contributed by atoms with Gasteiger partial charge in [0, 0.05) is 22.7 Å². The lowest BCUT2D eigenvalue weighted by Crippen LogP contribution is -2.37. The van der Waals surface area contributed by atoms with Crippen LogP contribution in [0.25, 0.3) is 0 Å². The van der Waals surface area contributed by atoms with E-state index in [0.29, 0.717) is 34.4 Å². The first-order valence-corrected chi connectivity index (χ1v) is 8.40. The Bertz CT molecular complexity index is 817. The van der Waals surface area contributed by atoms with E-state index in [9.17, 15) is 9.18 Å². The quantitative estimate of drug-likeness (QED) is 0.768. The highest BCUT2D eigenvalue weighted by molar-refractivity contribution is 6.32. The van der Waals surface area contributed by atoms with Crippen LogP contribution < -0.4 is 4.90 Å². The average molecular weight is 343 g/mol. The van der Waals surface area contributed by atoms with Crippen molar-refractivity contribution in [1.82, 2.24) is 0 Å². The summed E-state index contributed by atoms with van der Waals surface area (Å²) in [4.78, 5) is 18.2. The van der Waals surface area contributed by atoms with Crippen LogP contribution in [-0.4, -0.2) is 24.5 Å². The van der Waals surface area contributed by atoms with Gasteiger partial charge in [0.05, 0.1) is 11.4 Å². The van der Waals surface area contributed by atoms with E-state index in [4.69, 9.17) is 11.6 Å². The Labute approximate surface area is 144 Å². The largest absolute Gasteiger partial charge is 0.307 e. The maximum Gasteiger partial charge on any atom is 0.284 e. The molecular formula is C19H16ClFN2O. The normalized spacial score (nSPS) is 20.4. The summed E-state index contributed by atoms with van der Waals surface area (Å²) < 4.78 is 14.5. The van der Waals surface area contributed by atoms with Gasteiger partial charge in [0.25, 0.3) is 12.2 Å². The highest BCUT2D eigenvalue weighted by atomic mass is 35.5. The lowest BCUT2D eigenvalue weighted by atomic mass is 10.00. The Morgan fingerprint density at radius 2 is 1.92 bits per heavy atom. The summed E-state index contributed by atoms with van der Waals surface area (Å²) in [5.74, 6) is -0.153. The van der Waals surface area contributed by atoms with Gasteiger partial charge >= 0.3 is 0 Å². The van der Waals surface area contributed by atoms with Crippen molar-refractivity contribution in [3.63, 3.8) is 0 Å². The van der Waals surface area contributed by atoms with Crippen LogP contribution in [0.4, 0.5) is 10.1 Å². The molecule has 1 aliphatic carbocycles. The molecule has 3 nitrogen and oxygen atoms in total. The van der Waals surface area contributed by atoms with Gasteiger partial charge < -0.3 is 4.90 Å². The van der Waals surface area contributed by atoms with Crippen molar-refractivity contribution >= 4 is 28.9 Å². The van der Waals surface area contributed by atoms with E-state index in [0.717, 1.165) is 18.4 Å². The first-order chi connectivity index (χ1) is 11.6. The Balaban J connectivity index is 1.89. The molecule has 5 heteroatoms. The predicted molar refractivity (Wildman–Crippen MR) is 93.5 cm³/mol. The number of hydrogen-bond acceptors (Lipinski definition) is 2. The standard InChI is InChI=1S/C19H16ClFN2O/c20-14-8-9-16-15(10-14)17(13-4-2-1-3-5-13)22-18(21)19(24)23(16)11-12-6-7-12/h1-5,8-10,12,18H,6-7,11H2. The summed E-state index contributed by atoms with van der Waals surface area (Å²) in [6, 6.07) is 14.6. The Morgan fingerprint density at radius 3 is 2.62 bits per heavy atom. The fraction of sp³-hybridized carbons (Fsp3) is 0.263. The van der Waals surface area contributed by atoms with Crippen LogP contribution in [0.1, 0.15) is 24.0 Å². The van der Waals surface area contributed by atoms with Crippen molar-refractivity contribution in [2.45, 2.75) is 19.1 Å². The molecule has 1 saturated carbocycles. The molecule has 1 amide bonds. The monoisotopic (exact) mass is 342 g/mol. The van der Waals surface area contributed by atoms with Crippen molar-refractivity contribution in [3.05, 3.63) is 64.7 Å². The molecule has 0 spiro atoms. The van der Waals surface area contributed by atoms with E-state index >= 15 is 0 Å². The number of amides is 1. The van der Waals surface area contributed by atoms with Gasteiger partial charge in [-0.05, 0) is 37.0 Å². The molecule has 1 unspecified atom stereocenters. The van der Waals surface area contributed by atoms with Crippen LogP contribution in [0.15, 0.2) is 53.5 Å². The molecule has 4 rings (SSSR count). The number of carbonyl (C=O) groups excluding carboxylic acids is 1. The second-order valence-electron chi connectivity index (χ2n) is 6.23. The number of rotatable bonds is 3. The minimum atomic E-state index is -1.90. The van der Waals surface area contributed by atoms with Crippen LogP contribution in [-0.2, 0) is 4.79 Å². The maximum absolute atomic E-state index is 14.5. The summed E-state index contributed by atoms with van der Waals surface area (Å²) in [7, 11) is 0. The van der Waals surface area contributed by atoms with Crippen molar-refractivity contribution < 1.29 is 9.18 Å². The lowest BCUT2D eigenvalue weighted by molar-refractivity contribution is -0.123. The molecule has 1 heterocycles. The molecule has 0 bridgehead atoms. The van der Waals surface area contributed by atoms with Crippen LogP contribution in [0, 0.1) is 5.92 Å². The first-order valence-electron chi connectivity index (χ1n) is 8.02. The van der Waals surface area contributed by atoms with Gasteiger partial charge in [-0.1, -0.05) is 41.9 Å². The number of anilines is 1. The Morgan fingerprint density at radius 1 is 1.17 bits per heavy atom. The third-order valence-electron chi connectivity index (χ3n) is 4.40. The molecule has 1 atom stereocenters. The summed E-state index contributed by atoms with van der Waals surface area (Å²) in [5.41, 5.74) is 2.61. The van der Waals surface area contributed by atoms with E-state index in [-0.39, 0.29) is 0 Å². The van der Waals surface area contributed by atoms with Gasteiger partial charge in [0.15, 0.2) is 0 Å². The third-order valence-corrected chi connectivity index (χ3v) is 4.64. The van der Waals surface area contributed by atoms with Gasteiger partial charge in [0.1, 0.15) is 0 Å². The molecule has 2 aliphatic rings. The van der Waals surface area contributed by atoms with Crippen LogP contribution in [0.2, 0.25) is 5.02 Å². The fourth-order valence-corrected chi connectivity index (χ4v) is 3.16. The van der Waals surface area contributed by atoms with Crippen molar-refractivity contribution in [2.75, 3.05) is 11.4 Å². The number of aliphatic imine (C=N–C) groups is 1. The molecule has 122 valence electrons. The molecule has 2 aromatic rings. The van der Waals surface area contributed by atoms with E-state index < -0.39 is 12.2 Å². The van der Waals surface area contributed by atoms with Crippen LogP contribution in [0.5, 0.6) is 0 Å². The van der Waals surface area contributed by atoms with Crippen molar-refractivity contribution in [1.29, 1.82) is 0 Å². The minimum Gasteiger partial charge on any atom is -0.307 e. The number of benzodiazepines with no additional fused rings is 1.